The van der Waals surface area contributed by atoms with Gasteiger partial charge in [-0.2, -0.15) is 0 Å². The summed E-state index contributed by atoms with van der Waals surface area (Å²) in [6.07, 6.45) is 0. The Morgan fingerprint density at radius 1 is 1.38 bits per heavy atom. The first-order chi connectivity index (χ1) is 10.0. The second-order valence-electron chi connectivity index (χ2n) is 4.00. The Labute approximate surface area is 130 Å². The number of nitrogens with two attached hydrogens (primary N) is 1. The number of anilines is 1. The van der Waals surface area contributed by atoms with Crippen LogP contribution in [-0.2, 0) is 0 Å². The van der Waals surface area contributed by atoms with Crippen LogP contribution in [0.1, 0.15) is 16.1 Å². The predicted octanol–water partition coefficient (Wildman–Crippen LogP) is 3.02. The van der Waals surface area contributed by atoms with Crippen molar-refractivity contribution in [2.75, 3.05) is 11.9 Å². The molecule has 1 heterocycles. The maximum Gasteiger partial charge on any atom is 0.272 e. The topological polar surface area (TPSA) is 70.9 Å². The number of halogens is 3. The third kappa shape index (κ3) is 3.76. The molecule has 0 aliphatic carbocycles. The molecule has 1 aromatic heterocycles. The highest BCUT2D eigenvalue weighted by Gasteiger charge is 2.13. The van der Waals surface area contributed by atoms with Gasteiger partial charge in [0, 0.05) is 5.56 Å². The molecule has 7 heteroatoms. The van der Waals surface area contributed by atoms with Gasteiger partial charge >= 0.3 is 0 Å². The van der Waals surface area contributed by atoms with Gasteiger partial charge in [0.15, 0.2) is 0 Å². The third-order valence-electron chi connectivity index (χ3n) is 2.52. The molecule has 4 N–H and O–H groups in total. The van der Waals surface area contributed by atoms with Crippen molar-refractivity contribution in [2.24, 2.45) is 5.73 Å². The van der Waals surface area contributed by atoms with Gasteiger partial charge in [-0.05, 0) is 24.3 Å². The smallest absolute Gasteiger partial charge is 0.272 e. The summed E-state index contributed by atoms with van der Waals surface area (Å²) in [6, 6.07) is 5.57. The molecule has 2 aromatic rings. The fourth-order valence-corrected chi connectivity index (χ4v) is 1.88. The van der Waals surface area contributed by atoms with Crippen LogP contribution in [0.15, 0.2) is 24.3 Å². The third-order valence-corrected chi connectivity index (χ3v) is 3.21. The zero-order valence-corrected chi connectivity index (χ0v) is 12.1. The molecule has 0 unspecified atom stereocenters. The zero-order valence-electron chi connectivity index (χ0n) is 10.6. The van der Waals surface area contributed by atoms with Crippen LogP contribution in [0.5, 0.6) is 0 Å². The highest BCUT2D eigenvalue weighted by molar-refractivity contribution is 6.41. The van der Waals surface area contributed by atoms with E-state index in [1.165, 1.54) is 18.2 Å². The normalized spacial score (nSPS) is 9.90. The van der Waals surface area contributed by atoms with E-state index >= 15 is 0 Å². The number of aromatic amines is 1. The van der Waals surface area contributed by atoms with Crippen molar-refractivity contribution >= 4 is 34.8 Å². The number of H-pyrrole nitrogens is 1. The standard InChI is InChI=1S/C14H10Cl2FN3O/c15-9-7-12(19-13(9)16)14(21)20-11-4-3-8(2-1-5-18)6-10(11)17/h3-4,6-7,19H,5,18H2,(H,20,21). The van der Waals surface area contributed by atoms with Crippen LogP contribution in [0.25, 0.3) is 0 Å². The minimum Gasteiger partial charge on any atom is -0.340 e. The van der Waals surface area contributed by atoms with Gasteiger partial charge in [-0.1, -0.05) is 35.0 Å². The Morgan fingerprint density at radius 2 is 2.14 bits per heavy atom. The Kier molecular flexibility index (Phi) is 4.86. The summed E-state index contributed by atoms with van der Waals surface area (Å²) < 4.78 is 13.9. The number of carbonyl (C=O) groups excluding carboxylic acids is 1. The maximum atomic E-state index is 13.9. The molecule has 0 bridgehead atoms. The average molecular weight is 326 g/mol. The summed E-state index contributed by atoms with van der Waals surface area (Å²) in [6.45, 7) is 0.189. The van der Waals surface area contributed by atoms with E-state index < -0.39 is 11.7 Å². The van der Waals surface area contributed by atoms with Crippen molar-refractivity contribution in [3.63, 3.8) is 0 Å². The van der Waals surface area contributed by atoms with Crippen molar-refractivity contribution in [3.8, 4) is 11.8 Å². The summed E-state index contributed by atoms with van der Waals surface area (Å²) in [4.78, 5) is 14.5. The largest absolute Gasteiger partial charge is 0.340 e. The second kappa shape index (κ2) is 6.64. The Hall–Kier alpha value is -2.00. The maximum absolute atomic E-state index is 13.9. The Balaban J connectivity index is 2.18. The molecule has 0 aliphatic heterocycles. The van der Waals surface area contributed by atoms with Gasteiger partial charge in [-0.15, -0.1) is 0 Å². The molecule has 0 spiro atoms. The van der Waals surface area contributed by atoms with Gasteiger partial charge in [0.05, 0.1) is 17.3 Å². The average Bonchev–Trinajstić information content (AvgIpc) is 2.79. The van der Waals surface area contributed by atoms with E-state index in [0.29, 0.717) is 5.56 Å². The Bertz CT molecular complexity index is 727. The van der Waals surface area contributed by atoms with Crippen LogP contribution >= 0.6 is 23.2 Å². The molecule has 1 amide bonds. The number of rotatable bonds is 2. The lowest BCUT2D eigenvalue weighted by molar-refractivity contribution is 0.102. The molecule has 108 valence electrons. The van der Waals surface area contributed by atoms with Crippen molar-refractivity contribution in [3.05, 3.63) is 51.5 Å². The summed E-state index contributed by atoms with van der Waals surface area (Å²) in [5.74, 6) is 4.16. The van der Waals surface area contributed by atoms with E-state index in [2.05, 4.69) is 22.1 Å². The van der Waals surface area contributed by atoms with Gasteiger partial charge in [0.25, 0.3) is 5.91 Å². The molecule has 21 heavy (non-hydrogen) atoms. The van der Waals surface area contributed by atoms with E-state index in [1.54, 1.807) is 6.07 Å². The van der Waals surface area contributed by atoms with Crippen LogP contribution in [0, 0.1) is 17.7 Å². The fourth-order valence-electron chi connectivity index (χ4n) is 1.56. The number of benzene rings is 1. The van der Waals surface area contributed by atoms with E-state index in [0.717, 1.165) is 0 Å². The van der Waals surface area contributed by atoms with Gasteiger partial charge in [0.2, 0.25) is 0 Å². The quantitative estimate of drug-likeness (QED) is 0.743. The van der Waals surface area contributed by atoms with E-state index in [1.807, 2.05) is 0 Å². The minimum atomic E-state index is -0.601. The first kappa shape index (κ1) is 15.4. The van der Waals surface area contributed by atoms with Crippen LogP contribution in [-0.4, -0.2) is 17.4 Å². The number of nitrogens with one attached hydrogen (secondary N) is 2. The predicted molar refractivity (Wildman–Crippen MR) is 81.1 cm³/mol. The summed E-state index contributed by atoms with van der Waals surface area (Å²) >= 11 is 11.4. The second-order valence-corrected chi connectivity index (χ2v) is 4.78. The van der Waals surface area contributed by atoms with Crippen LogP contribution in [0.2, 0.25) is 10.2 Å². The van der Waals surface area contributed by atoms with Crippen molar-refractivity contribution in [1.82, 2.24) is 4.98 Å². The SMILES string of the molecule is NCC#Cc1ccc(NC(=O)c2cc(Cl)c(Cl)[nH]2)c(F)c1. The van der Waals surface area contributed by atoms with E-state index in [4.69, 9.17) is 28.9 Å². The summed E-state index contributed by atoms with van der Waals surface area (Å²) in [7, 11) is 0. The van der Waals surface area contributed by atoms with Gasteiger partial charge in [-0.25, -0.2) is 4.39 Å². The molecular formula is C14H10Cl2FN3O. The molecule has 4 nitrogen and oxygen atoms in total. The van der Waals surface area contributed by atoms with Crippen molar-refractivity contribution < 1.29 is 9.18 Å². The van der Waals surface area contributed by atoms with Gasteiger partial charge in [-0.3, -0.25) is 4.79 Å². The van der Waals surface area contributed by atoms with Crippen molar-refractivity contribution in [1.29, 1.82) is 0 Å². The highest BCUT2D eigenvalue weighted by atomic mass is 35.5. The number of aromatic nitrogens is 1. The van der Waals surface area contributed by atoms with Gasteiger partial charge in [0.1, 0.15) is 16.7 Å². The first-order valence-corrected chi connectivity index (χ1v) is 6.60. The summed E-state index contributed by atoms with van der Waals surface area (Å²) in [5.41, 5.74) is 5.88. The minimum absolute atomic E-state index is 0.0279. The molecular weight excluding hydrogens is 316 g/mol. The first-order valence-electron chi connectivity index (χ1n) is 5.85. The molecule has 0 radical (unpaired) electrons. The highest BCUT2D eigenvalue weighted by Crippen LogP contribution is 2.23. The fraction of sp³-hybridized carbons (Fsp3) is 0.0714. The van der Waals surface area contributed by atoms with Crippen LogP contribution < -0.4 is 11.1 Å². The van der Waals surface area contributed by atoms with Crippen LogP contribution in [0.3, 0.4) is 0 Å². The number of carbonyl (C=O) groups is 1. The summed E-state index contributed by atoms with van der Waals surface area (Å²) in [5, 5.41) is 2.78. The molecule has 0 atom stereocenters. The van der Waals surface area contributed by atoms with Crippen molar-refractivity contribution in [2.45, 2.75) is 0 Å². The molecule has 0 saturated carbocycles. The zero-order chi connectivity index (χ0) is 15.4. The molecule has 1 aromatic carbocycles. The van der Waals surface area contributed by atoms with E-state index in [9.17, 15) is 9.18 Å². The van der Waals surface area contributed by atoms with Gasteiger partial charge < -0.3 is 16.0 Å². The number of amides is 1. The molecule has 0 saturated heterocycles. The lowest BCUT2D eigenvalue weighted by atomic mass is 10.2. The molecule has 2 rings (SSSR count). The lowest BCUT2D eigenvalue weighted by Gasteiger charge is -2.05. The monoisotopic (exact) mass is 325 g/mol. The number of hydrogen-bond donors (Lipinski definition) is 3. The molecule has 0 fully saturated rings. The lowest BCUT2D eigenvalue weighted by Crippen LogP contribution is -2.13. The van der Waals surface area contributed by atoms with Crippen LogP contribution in [0.4, 0.5) is 10.1 Å². The number of hydrogen-bond acceptors (Lipinski definition) is 2. The Morgan fingerprint density at radius 3 is 2.71 bits per heavy atom. The van der Waals surface area contributed by atoms with E-state index in [-0.39, 0.29) is 28.1 Å². The molecule has 0 aliphatic rings.